The van der Waals surface area contributed by atoms with Gasteiger partial charge in [-0.05, 0) is 12.1 Å². The molecular formula is C7H10N2S. The highest BCUT2D eigenvalue weighted by Gasteiger charge is 1.90. The zero-order chi connectivity index (χ0) is 7.56. The summed E-state index contributed by atoms with van der Waals surface area (Å²) in [6, 6.07) is 5.78. The lowest BCUT2D eigenvalue weighted by molar-refractivity contribution is 1.06. The minimum absolute atomic E-state index is 0.770. The predicted molar refractivity (Wildman–Crippen MR) is 46.0 cm³/mol. The molecule has 0 saturated carbocycles. The van der Waals surface area contributed by atoms with Gasteiger partial charge in [-0.3, -0.25) is 0 Å². The van der Waals surface area contributed by atoms with Crippen molar-refractivity contribution >= 4 is 18.0 Å². The quantitative estimate of drug-likeness (QED) is 0.622. The largest absolute Gasteiger partial charge is 0.364 e. The molecule has 0 atom stereocenters. The number of anilines is 1. The summed E-state index contributed by atoms with van der Waals surface area (Å²) < 4.78 is 0.770. The zero-order valence-corrected chi connectivity index (χ0v) is 6.90. The standard InChI is InChI=1S/C7H10N2S/c1-9(2)6-4-3-5-7(10)8-6/h3-5H,1-2H3,(H,8,10). The van der Waals surface area contributed by atoms with E-state index in [1.165, 1.54) is 0 Å². The third-order valence-electron chi connectivity index (χ3n) is 1.23. The highest BCUT2D eigenvalue weighted by Crippen LogP contribution is 2.03. The van der Waals surface area contributed by atoms with Crippen molar-refractivity contribution in [3.05, 3.63) is 22.8 Å². The van der Waals surface area contributed by atoms with Crippen LogP contribution in [0.2, 0.25) is 0 Å². The highest BCUT2D eigenvalue weighted by atomic mass is 32.1. The Labute approximate surface area is 65.5 Å². The van der Waals surface area contributed by atoms with Crippen molar-refractivity contribution in [1.82, 2.24) is 4.98 Å². The van der Waals surface area contributed by atoms with E-state index in [1.54, 1.807) is 0 Å². The van der Waals surface area contributed by atoms with Crippen LogP contribution in [-0.2, 0) is 0 Å². The second-order valence-electron chi connectivity index (χ2n) is 2.29. The summed E-state index contributed by atoms with van der Waals surface area (Å²) in [5.74, 6) is 1.03. The molecule has 1 aromatic heterocycles. The molecule has 0 saturated heterocycles. The molecule has 10 heavy (non-hydrogen) atoms. The summed E-state index contributed by atoms with van der Waals surface area (Å²) in [6.45, 7) is 0. The van der Waals surface area contributed by atoms with Crippen LogP contribution in [-0.4, -0.2) is 19.1 Å². The van der Waals surface area contributed by atoms with E-state index >= 15 is 0 Å². The molecule has 0 aliphatic carbocycles. The molecule has 0 unspecified atom stereocenters. The van der Waals surface area contributed by atoms with Crippen molar-refractivity contribution in [2.45, 2.75) is 0 Å². The highest BCUT2D eigenvalue weighted by molar-refractivity contribution is 7.71. The molecule has 0 aromatic carbocycles. The molecular weight excluding hydrogens is 144 g/mol. The Morgan fingerprint density at radius 1 is 1.40 bits per heavy atom. The lowest BCUT2D eigenvalue weighted by Gasteiger charge is -2.10. The number of nitrogens with zero attached hydrogens (tertiary/aromatic N) is 1. The molecule has 0 fully saturated rings. The SMILES string of the molecule is CN(C)c1cccc(=S)[nH]1. The molecule has 0 radical (unpaired) electrons. The first-order valence-electron chi connectivity index (χ1n) is 3.07. The van der Waals surface area contributed by atoms with Gasteiger partial charge < -0.3 is 9.88 Å². The molecule has 0 amide bonds. The molecule has 1 rings (SSSR count). The molecule has 2 nitrogen and oxygen atoms in total. The van der Waals surface area contributed by atoms with Crippen LogP contribution < -0.4 is 4.90 Å². The van der Waals surface area contributed by atoms with Gasteiger partial charge in [0.05, 0.1) is 0 Å². The monoisotopic (exact) mass is 154 g/mol. The van der Waals surface area contributed by atoms with Crippen molar-refractivity contribution in [2.75, 3.05) is 19.0 Å². The van der Waals surface area contributed by atoms with E-state index in [4.69, 9.17) is 12.2 Å². The van der Waals surface area contributed by atoms with E-state index < -0.39 is 0 Å². The fourth-order valence-corrected chi connectivity index (χ4v) is 0.880. The minimum atomic E-state index is 0.770. The van der Waals surface area contributed by atoms with Crippen molar-refractivity contribution < 1.29 is 0 Å². The first-order valence-corrected chi connectivity index (χ1v) is 3.47. The van der Waals surface area contributed by atoms with Crippen LogP contribution in [0.1, 0.15) is 0 Å². The van der Waals surface area contributed by atoms with Gasteiger partial charge in [0.2, 0.25) is 0 Å². The van der Waals surface area contributed by atoms with Gasteiger partial charge in [0.15, 0.2) is 0 Å². The van der Waals surface area contributed by atoms with Crippen molar-refractivity contribution in [1.29, 1.82) is 0 Å². The molecule has 3 heteroatoms. The average Bonchev–Trinajstić information content (AvgIpc) is 1.88. The number of aromatic nitrogens is 1. The fourth-order valence-electron chi connectivity index (χ4n) is 0.697. The van der Waals surface area contributed by atoms with Gasteiger partial charge in [-0.25, -0.2) is 0 Å². The summed E-state index contributed by atoms with van der Waals surface area (Å²) in [6.07, 6.45) is 0. The number of H-pyrrole nitrogens is 1. The van der Waals surface area contributed by atoms with Crippen LogP contribution in [0.3, 0.4) is 0 Å². The van der Waals surface area contributed by atoms with Gasteiger partial charge in [-0.1, -0.05) is 18.3 Å². The van der Waals surface area contributed by atoms with E-state index in [0.717, 1.165) is 10.5 Å². The first-order chi connectivity index (χ1) is 4.70. The van der Waals surface area contributed by atoms with E-state index in [2.05, 4.69) is 4.98 Å². The number of aromatic amines is 1. The van der Waals surface area contributed by atoms with Crippen molar-refractivity contribution in [2.24, 2.45) is 0 Å². The van der Waals surface area contributed by atoms with Gasteiger partial charge in [0.1, 0.15) is 10.5 Å². The van der Waals surface area contributed by atoms with E-state index in [1.807, 2.05) is 37.2 Å². The van der Waals surface area contributed by atoms with E-state index in [0.29, 0.717) is 0 Å². The van der Waals surface area contributed by atoms with Gasteiger partial charge in [0, 0.05) is 14.1 Å². The van der Waals surface area contributed by atoms with Gasteiger partial charge in [-0.15, -0.1) is 0 Å². The molecule has 1 heterocycles. The molecule has 54 valence electrons. The van der Waals surface area contributed by atoms with E-state index in [9.17, 15) is 0 Å². The maximum atomic E-state index is 4.94. The van der Waals surface area contributed by atoms with Crippen molar-refractivity contribution in [3.63, 3.8) is 0 Å². The Kier molecular flexibility index (Phi) is 2.06. The summed E-state index contributed by atoms with van der Waals surface area (Å²) in [7, 11) is 3.95. The second-order valence-corrected chi connectivity index (χ2v) is 2.73. The summed E-state index contributed by atoms with van der Waals surface area (Å²) in [5.41, 5.74) is 0. The number of hydrogen-bond acceptors (Lipinski definition) is 2. The smallest absolute Gasteiger partial charge is 0.106 e. The Bertz CT molecular complexity index is 264. The Morgan fingerprint density at radius 2 is 2.10 bits per heavy atom. The van der Waals surface area contributed by atoms with Gasteiger partial charge >= 0.3 is 0 Å². The number of pyridine rings is 1. The van der Waals surface area contributed by atoms with E-state index in [-0.39, 0.29) is 0 Å². The number of rotatable bonds is 1. The molecule has 1 N–H and O–H groups in total. The average molecular weight is 154 g/mol. The van der Waals surface area contributed by atoms with Crippen LogP contribution in [0.25, 0.3) is 0 Å². The third kappa shape index (κ3) is 1.57. The molecule has 0 aliphatic rings. The number of hydrogen-bond donors (Lipinski definition) is 1. The van der Waals surface area contributed by atoms with Crippen LogP contribution in [0, 0.1) is 4.64 Å². The number of nitrogens with one attached hydrogen (secondary N) is 1. The maximum Gasteiger partial charge on any atom is 0.106 e. The van der Waals surface area contributed by atoms with Crippen LogP contribution in [0.15, 0.2) is 18.2 Å². The van der Waals surface area contributed by atoms with Crippen LogP contribution in [0.5, 0.6) is 0 Å². The second kappa shape index (κ2) is 2.84. The molecule has 0 aliphatic heterocycles. The van der Waals surface area contributed by atoms with Gasteiger partial charge in [-0.2, -0.15) is 0 Å². The minimum Gasteiger partial charge on any atom is -0.364 e. The topological polar surface area (TPSA) is 19.0 Å². The molecule has 1 aromatic rings. The lowest BCUT2D eigenvalue weighted by atomic mass is 10.4. The zero-order valence-electron chi connectivity index (χ0n) is 6.09. The van der Waals surface area contributed by atoms with Crippen molar-refractivity contribution in [3.8, 4) is 0 Å². The maximum absolute atomic E-state index is 4.94. The molecule has 0 bridgehead atoms. The summed E-state index contributed by atoms with van der Waals surface area (Å²) in [5, 5.41) is 0. The normalized spacial score (nSPS) is 9.40. The van der Waals surface area contributed by atoms with Crippen LogP contribution >= 0.6 is 12.2 Å². The van der Waals surface area contributed by atoms with Gasteiger partial charge in [0.25, 0.3) is 0 Å². The third-order valence-corrected chi connectivity index (χ3v) is 1.47. The fraction of sp³-hybridized carbons (Fsp3) is 0.286. The van der Waals surface area contributed by atoms with Crippen LogP contribution in [0.4, 0.5) is 5.82 Å². The molecule has 0 spiro atoms. The first kappa shape index (κ1) is 7.28. The summed E-state index contributed by atoms with van der Waals surface area (Å²) in [4.78, 5) is 5.03. The predicted octanol–water partition coefficient (Wildman–Crippen LogP) is 1.81. The Hall–Kier alpha value is -0.830. The Morgan fingerprint density at radius 3 is 2.50 bits per heavy atom. The summed E-state index contributed by atoms with van der Waals surface area (Å²) >= 11 is 4.94. The lowest BCUT2D eigenvalue weighted by Crippen LogP contribution is -2.09. The Balaban J connectivity index is 3.07.